The Morgan fingerprint density at radius 3 is 2.05 bits per heavy atom. The molecule has 7 N–H and O–H groups in total. The van der Waals surface area contributed by atoms with Crippen LogP contribution in [0.25, 0.3) is 0 Å². The number of aliphatic hydroxyl groups is 7. The molecule has 61 heavy (non-hydrogen) atoms. The molecule has 8 fully saturated rings. The van der Waals surface area contributed by atoms with Crippen LogP contribution in [-0.2, 0) is 42.7 Å². The zero-order valence-electron chi connectivity index (χ0n) is 37.3. The lowest BCUT2D eigenvalue weighted by atomic mass is 9.41. The highest BCUT2D eigenvalue weighted by molar-refractivity contribution is 5.67. The average molecular weight is 869 g/mol. The fourth-order valence-electron chi connectivity index (χ4n) is 15.5. The van der Waals surface area contributed by atoms with Crippen LogP contribution in [0.4, 0.5) is 0 Å². The van der Waals surface area contributed by atoms with E-state index in [1.807, 2.05) is 0 Å². The summed E-state index contributed by atoms with van der Waals surface area (Å²) in [7, 11) is 0. The second-order valence-electron chi connectivity index (χ2n) is 22.2. The van der Waals surface area contributed by atoms with Gasteiger partial charge in [-0.3, -0.25) is 9.59 Å². The van der Waals surface area contributed by atoms with Gasteiger partial charge in [-0.1, -0.05) is 27.7 Å². The van der Waals surface area contributed by atoms with Crippen LogP contribution in [0.5, 0.6) is 0 Å². The zero-order chi connectivity index (χ0) is 44.6. The molecule has 0 unspecified atom stereocenters. The fraction of sp³-hybridized carbons (Fsp3) is 0.956. The molecule has 0 radical (unpaired) electrons. The number of hydrogen-bond acceptors (Lipinski definition) is 16. The third-order valence-electron chi connectivity index (χ3n) is 18.2. The van der Waals surface area contributed by atoms with Crippen LogP contribution in [0.1, 0.15) is 120 Å². The van der Waals surface area contributed by atoms with E-state index >= 15 is 0 Å². The Labute approximate surface area is 358 Å². The Kier molecular flexibility index (Phi) is 11.5. The summed E-state index contributed by atoms with van der Waals surface area (Å²) in [6.45, 7) is 16.1. The predicted molar refractivity (Wildman–Crippen MR) is 213 cm³/mol. The molecule has 0 bridgehead atoms. The van der Waals surface area contributed by atoms with Gasteiger partial charge in [-0.2, -0.15) is 0 Å². The molecule has 21 atom stereocenters. The molecule has 0 amide bonds. The van der Waals surface area contributed by atoms with Crippen LogP contribution in [0.2, 0.25) is 0 Å². The molecule has 0 aromatic carbocycles. The number of aliphatic hydroxyl groups excluding tert-OH is 6. The highest BCUT2D eigenvalue weighted by Crippen LogP contribution is 2.89. The molecule has 2 spiro atoms. The van der Waals surface area contributed by atoms with Crippen molar-refractivity contribution in [3.05, 3.63) is 0 Å². The summed E-state index contributed by atoms with van der Waals surface area (Å²) in [6, 6.07) is 0. The van der Waals surface area contributed by atoms with E-state index in [0.717, 1.165) is 32.1 Å². The molecule has 16 heteroatoms. The minimum absolute atomic E-state index is 0.0638. The van der Waals surface area contributed by atoms with Gasteiger partial charge in [-0.15, -0.1) is 0 Å². The first-order valence-corrected chi connectivity index (χ1v) is 22.6. The highest BCUT2D eigenvalue weighted by Gasteiger charge is 2.85. The zero-order valence-corrected chi connectivity index (χ0v) is 37.3. The van der Waals surface area contributed by atoms with Gasteiger partial charge in [0.25, 0.3) is 0 Å². The summed E-state index contributed by atoms with van der Waals surface area (Å²) in [5, 5.41) is 77.1. The van der Waals surface area contributed by atoms with E-state index in [1.54, 1.807) is 13.8 Å². The SMILES string of the molecule is CC(=O)O[C@@H]1[C@@H](O[C@@H]2CC[C@]34C[C@]35CC[C@]3(C)[C@H]([C@]6(C)CC[C@H](C(C)(C)O)O6)[C@@H](O)C[C@@]3(C)[C@@H]5C[C@H](O[C@@H]3O[C@H](CO)[C@H](O)[C@H](O)[C@H]3O)[C@H]4C2(C)C)OC[C@@H](O)[C@@H]1OC(C)=O. The van der Waals surface area contributed by atoms with E-state index in [9.17, 15) is 45.3 Å². The van der Waals surface area contributed by atoms with Gasteiger partial charge in [-0.05, 0) is 117 Å². The Morgan fingerprint density at radius 1 is 0.754 bits per heavy atom. The van der Waals surface area contributed by atoms with Gasteiger partial charge in [0.1, 0.15) is 30.5 Å². The summed E-state index contributed by atoms with van der Waals surface area (Å²) < 4.78 is 43.6. The monoisotopic (exact) mass is 868 g/mol. The maximum absolute atomic E-state index is 12.4. The van der Waals surface area contributed by atoms with Crippen molar-refractivity contribution in [3.63, 3.8) is 0 Å². The van der Waals surface area contributed by atoms with Crippen LogP contribution < -0.4 is 0 Å². The van der Waals surface area contributed by atoms with Crippen molar-refractivity contribution in [2.24, 2.45) is 44.8 Å². The van der Waals surface area contributed by atoms with Crippen LogP contribution in [0.3, 0.4) is 0 Å². The number of hydrogen-bond donors (Lipinski definition) is 7. The number of ether oxygens (including phenoxy) is 7. The fourth-order valence-corrected chi connectivity index (χ4v) is 15.5. The molecule has 8 rings (SSSR count). The second kappa shape index (κ2) is 15.3. The number of esters is 2. The molecule has 3 aliphatic heterocycles. The number of fused-ring (bicyclic) bond motifs is 2. The molecular weight excluding hydrogens is 796 g/mol. The van der Waals surface area contributed by atoms with Crippen molar-refractivity contribution in [2.75, 3.05) is 13.2 Å². The van der Waals surface area contributed by atoms with Gasteiger partial charge in [0.15, 0.2) is 24.8 Å². The average Bonchev–Trinajstić information content (AvgIpc) is 3.52. The molecule has 348 valence electrons. The Balaban J connectivity index is 1.15. The normalized spacial score (nSPS) is 53.8. The summed E-state index contributed by atoms with van der Waals surface area (Å²) >= 11 is 0. The first kappa shape index (κ1) is 46.0. The summed E-state index contributed by atoms with van der Waals surface area (Å²) in [4.78, 5) is 24.5. The highest BCUT2D eigenvalue weighted by atomic mass is 16.7. The first-order valence-electron chi connectivity index (χ1n) is 22.6. The largest absolute Gasteiger partial charge is 0.455 e. The van der Waals surface area contributed by atoms with Crippen molar-refractivity contribution in [1.82, 2.24) is 0 Å². The molecule has 5 aliphatic carbocycles. The van der Waals surface area contributed by atoms with Crippen LogP contribution in [0.15, 0.2) is 0 Å². The van der Waals surface area contributed by atoms with Crippen molar-refractivity contribution >= 4 is 11.9 Å². The quantitative estimate of drug-likeness (QED) is 0.129. The van der Waals surface area contributed by atoms with Gasteiger partial charge in [0.2, 0.25) is 0 Å². The van der Waals surface area contributed by atoms with Crippen LogP contribution >= 0.6 is 0 Å². The number of carbonyl (C=O) groups is 2. The molecular formula is C45H72O16. The van der Waals surface area contributed by atoms with Gasteiger partial charge >= 0.3 is 11.9 Å². The smallest absolute Gasteiger partial charge is 0.303 e. The standard InChI is InChI=1S/C45H72O16/c1-21(47)56-33-24(50)19-55-38(34(33)57-22(2)48)60-28-11-13-45-20-44(45)15-14-41(7)35(43(9)12-10-29(61-43)40(5,6)54)23(49)17-42(41,8)27(44)16-25(36(45)39(28,3)4)58-37-32(53)31(52)30(51)26(18-46)59-37/h23-38,46,49-54H,10-20H2,1-9H3/t23-,24+,25-,26+,27-,28+,29+,30-,31-,32+,33-,34-,35+,36-,37+,38+,41+,42-,43-,44-,45+/m0/s1. The van der Waals surface area contributed by atoms with Crippen molar-refractivity contribution in [1.29, 1.82) is 0 Å². The van der Waals surface area contributed by atoms with E-state index in [4.69, 9.17) is 33.2 Å². The van der Waals surface area contributed by atoms with Crippen LogP contribution in [0, 0.1) is 44.8 Å². The predicted octanol–water partition coefficient (Wildman–Crippen LogP) is 1.87. The lowest BCUT2D eigenvalue weighted by molar-refractivity contribution is -0.339. The molecule has 0 aromatic rings. The van der Waals surface area contributed by atoms with Gasteiger partial charge in [0.05, 0.1) is 48.8 Å². The Morgan fingerprint density at radius 2 is 1.43 bits per heavy atom. The van der Waals surface area contributed by atoms with E-state index in [0.29, 0.717) is 25.7 Å². The van der Waals surface area contributed by atoms with Gasteiger partial charge in [-0.25, -0.2) is 0 Å². The minimum Gasteiger partial charge on any atom is -0.455 e. The lowest BCUT2D eigenvalue weighted by Gasteiger charge is -2.65. The van der Waals surface area contributed by atoms with Crippen molar-refractivity contribution in [2.45, 2.75) is 211 Å². The molecule has 8 aliphatic rings. The minimum atomic E-state index is -1.63. The summed E-state index contributed by atoms with van der Waals surface area (Å²) in [5.41, 5.74) is -3.46. The second-order valence-corrected chi connectivity index (χ2v) is 22.2. The van der Waals surface area contributed by atoms with E-state index in [-0.39, 0.29) is 52.1 Å². The lowest BCUT2D eigenvalue weighted by Crippen LogP contribution is -2.65. The van der Waals surface area contributed by atoms with Gasteiger partial charge in [0, 0.05) is 19.8 Å². The van der Waals surface area contributed by atoms with E-state index in [1.165, 1.54) is 13.8 Å². The third kappa shape index (κ3) is 6.89. The van der Waals surface area contributed by atoms with E-state index in [2.05, 4.69) is 34.6 Å². The van der Waals surface area contributed by atoms with Crippen molar-refractivity contribution < 1.29 is 78.5 Å². The molecule has 16 nitrogen and oxygen atoms in total. The van der Waals surface area contributed by atoms with Crippen molar-refractivity contribution in [3.8, 4) is 0 Å². The molecule has 5 saturated carbocycles. The third-order valence-corrected chi connectivity index (χ3v) is 18.2. The summed E-state index contributed by atoms with van der Waals surface area (Å²) in [6.07, 6.45) is -7.80. The van der Waals surface area contributed by atoms with Crippen LogP contribution in [-0.4, -0.2) is 152 Å². The number of rotatable bonds is 9. The first-order chi connectivity index (χ1) is 28.3. The van der Waals surface area contributed by atoms with E-state index < -0.39 is 109 Å². The maximum atomic E-state index is 12.4. The molecule has 3 saturated heterocycles. The van der Waals surface area contributed by atoms with Gasteiger partial charge < -0.3 is 68.9 Å². The topological polar surface area (TPSA) is 240 Å². The maximum Gasteiger partial charge on any atom is 0.303 e. The Hall–Kier alpha value is -1.54. The molecule has 0 aromatic heterocycles. The Bertz CT molecular complexity index is 1680. The summed E-state index contributed by atoms with van der Waals surface area (Å²) in [5.74, 6) is -1.67. The molecule has 3 heterocycles. The number of carbonyl (C=O) groups excluding carboxylic acids is 2.